The fourth-order valence-corrected chi connectivity index (χ4v) is 2.48. The van der Waals surface area contributed by atoms with Crippen molar-refractivity contribution in [2.24, 2.45) is 0 Å². The van der Waals surface area contributed by atoms with Crippen molar-refractivity contribution in [3.63, 3.8) is 0 Å². The SMILES string of the molecule is Nc1ccccc1Cn1ccnc1Cc1cccc([N+](=O)[O-])c1. The van der Waals surface area contributed by atoms with Crippen LogP contribution in [-0.4, -0.2) is 14.5 Å². The standard InChI is InChI=1S/C17H16N4O2/c18-16-7-2-1-5-14(16)12-20-9-8-19-17(20)11-13-4-3-6-15(10-13)21(22)23/h1-10H,11-12,18H2. The van der Waals surface area contributed by atoms with Gasteiger partial charge in [0.1, 0.15) is 5.82 Å². The van der Waals surface area contributed by atoms with E-state index >= 15 is 0 Å². The molecule has 0 aliphatic carbocycles. The van der Waals surface area contributed by atoms with E-state index in [1.54, 1.807) is 18.3 Å². The van der Waals surface area contributed by atoms with E-state index in [2.05, 4.69) is 4.98 Å². The first kappa shape index (κ1) is 14.8. The third-order valence-electron chi connectivity index (χ3n) is 3.68. The molecule has 3 rings (SSSR count). The summed E-state index contributed by atoms with van der Waals surface area (Å²) in [6, 6.07) is 14.3. The van der Waals surface area contributed by atoms with Crippen LogP contribution in [0.15, 0.2) is 60.9 Å². The number of aromatic nitrogens is 2. The van der Waals surface area contributed by atoms with Gasteiger partial charge in [-0.25, -0.2) is 4.98 Å². The molecule has 2 aromatic carbocycles. The molecule has 0 aliphatic rings. The lowest BCUT2D eigenvalue weighted by atomic mass is 10.1. The van der Waals surface area contributed by atoms with Crippen molar-refractivity contribution in [2.75, 3.05) is 5.73 Å². The molecule has 2 N–H and O–H groups in total. The summed E-state index contributed by atoms with van der Waals surface area (Å²) >= 11 is 0. The molecule has 0 fully saturated rings. The van der Waals surface area contributed by atoms with E-state index in [-0.39, 0.29) is 10.6 Å². The Morgan fingerprint density at radius 3 is 2.78 bits per heavy atom. The van der Waals surface area contributed by atoms with Gasteiger partial charge in [0.25, 0.3) is 5.69 Å². The molecule has 6 nitrogen and oxygen atoms in total. The molecule has 0 unspecified atom stereocenters. The topological polar surface area (TPSA) is 87.0 Å². The lowest BCUT2D eigenvalue weighted by Gasteiger charge is -2.10. The first-order chi connectivity index (χ1) is 11.1. The Morgan fingerprint density at radius 2 is 2.00 bits per heavy atom. The van der Waals surface area contributed by atoms with E-state index in [1.165, 1.54) is 6.07 Å². The van der Waals surface area contributed by atoms with E-state index in [4.69, 9.17) is 5.73 Å². The van der Waals surface area contributed by atoms with Crippen LogP contribution in [0.3, 0.4) is 0 Å². The fourth-order valence-electron chi connectivity index (χ4n) is 2.48. The Balaban J connectivity index is 1.83. The van der Waals surface area contributed by atoms with Crippen LogP contribution >= 0.6 is 0 Å². The zero-order valence-corrected chi connectivity index (χ0v) is 12.4. The van der Waals surface area contributed by atoms with Crippen LogP contribution in [0.1, 0.15) is 17.0 Å². The molecule has 0 saturated carbocycles. The number of nitro benzene ring substituents is 1. The van der Waals surface area contributed by atoms with Crippen molar-refractivity contribution in [1.29, 1.82) is 0 Å². The fraction of sp³-hybridized carbons (Fsp3) is 0.118. The molecular formula is C17H16N4O2. The third-order valence-corrected chi connectivity index (χ3v) is 3.68. The van der Waals surface area contributed by atoms with Crippen molar-refractivity contribution in [1.82, 2.24) is 9.55 Å². The first-order valence-electron chi connectivity index (χ1n) is 7.20. The number of nitro groups is 1. The van der Waals surface area contributed by atoms with E-state index in [0.717, 1.165) is 22.6 Å². The monoisotopic (exact) mass is 308 g/mol. The molecule has 3 aromatic rings. The molecule has 116 valence electrons. The Bertz CT molecular complexity index is 842. The number of hydrogen-bond acceptors (Lipinski definition) is 4. The summed E-state index contributed by atoms with van der Waals surface area (Å²) in [4.78, 5) is 14.8. The Kier molecular flexibility index (Phi) is 4.05. The van der Waals surface area contributed by atoms with Crippen LogP contribution in [-0.2, 0) is 13.0 Å². The smallest absolute Gasteiger partial charge is 0.269 e. The number of benzene rings is 2. The quantitative estimate of drug-likeness (QED) is 0.446. The van der Waals surface area contributed by atoms with Crippen LogP contribution in [0, 0.1) is 10.1 Å². The van der Waals surface area contributed by atoms with Crippen molar-refractivity contribution in [3.05, 3.63) is 88.0 Å². The maximum Gasteiger partial charge on any atom is 0.269 e. The van der Waals surface area contributed by atoms with Gasteiger partial charge in [-0.05, 0) is 17.2 Å². The number of para-hydroxylation sites is 1. The second-order valence-electron chi connectivity index (χ2n) is 5.27. The Hall–Kier alpha value is -3.15. The third kappa shape index (κ3) is 3.37. The predicted octanol–water partition coefficient (Wildman–Crippen LogP) is 3.01. The van der Waals surface area contributed by atoms with Gasteiger partial charge in [0.2, 0.25) is 0 Å². The van der Waals surface area contributed by atoms with Crippen LogP contribution in [0.5, 0.6) is 0 Å². The normalized spacial score (nSPS) is 10.6. The average molecular weight is 308 g/mol. The minimum absolute atomic E-state index is 0.0907. The zero-order valence-electron chi connectivity index (χ0n) is 12.4. The minimum atomic E-state index is -0.388. The van der Waals surface area contributed by atoms with Gasteiger partial charge >= 0.3 is 0 Å². The number of nitrogens with two attached hydrogens (primary N) is 1. The minimum Gasteiger partial charge on any atom is -0.398 e. The number of rotatable bonds is 5. The number of hydrogen-bond donors (Lipinski definition) is 1. The van der Waals surface area contributed by atoms with E-state index in [0.29, 0.717) is 13.0 Å². The molecule has 0 amide bonds. The molecule has 0 spiro atoms. The number of non-ortho nitro benzene ring substituents is 1. The number of nitrogen functional groups attached to an aromatic ring is 1. The summed E-state index contributed by atoms with van der Waals surface area (Å²) in [5.41, 5.74) is 8.69. The van der Waals surface area contributed by atoms with Crippen molar-refractivity contribution >= 4 is 11.4 Å². The summed E-state index contributed by atoms with van der Waals surface area (Å²) in [7, 11) is 0. The van der Waals surface area contributed by atoms with Gasteiger partial charge in [0, 0.05) is 36.6 Å². The highest BCUT2D eigenvalue weighted by Gasteiger charge is 2.10. The highest BCUT2D eigenvalue weighted by Crippen LogP contribution is 2.18. The molecule has 0 aliphatic heterocycles. The molecular weight excluding hydrogens is 292 g/mol. The lowest BCUT2D eigenvalue weighted by Crippen LogP contribution is -2.07. The van der Waals surface area contributed by atoms with E-state index in [1.807, 2.05) is 41.1 Å². The molecule has 1 aromatic heterocycles. The lowest BCUT2D eigenvalue weighted by molar-refractivity contribution is -0.384. The van der Waals surface area contributed by atoms with E-state index in [9.17, 15) is 10.1 Å². The van der Waals surface area contributed by atoms with Crippen molar-refractivity contribution in [2.45, 2.75) is 13.0 Å². The Labute approximate surface area is 133 Å². The number of nitrogens with zero attached hydrogens (tertiary/aromatic N) is 3. The number of anilines is 1. The Morgan fingerprint density at radius 1 is 1.17 bits per heavy atom. The van der Waals surface area contributed by atoms with Crippen molar-refractivity contribution < 1.29 is 4.92 Å². The maximum absolute atomic E-state index is 10.9. The molecule has 0 atom stereocenters. The summed E-state index contributed by atoms with van der Waals surface area (Å²) in [6.07, 6.45) is 4.15. The maximum atomic E-state index is 10.9. The average Bonchev–Trinajstić information content (AvgIpc) is 2.97. The van der Waals surface area contributed by atoms with Gasteiger partial charge in [-0.15, -0.1) is 0 Å². The zero-order chi connectivity index (χ0) is 16.2. The second kappa shape index (κ2) is 6.31. The molecule has 6 heteroatoms. The molecule has 0 saturated heterocycles. The van der Waals surface area contributed by atoms with Gasteiger partial charge in [0.05, 0.1) is 11.5 Å². The second-order valence-corrected chi connectivity index (χ2v) is 5.27. The van der Waals surface area contributed by atoms with Crippen LogP contribution in [0.25, 0.3) is 0 Å². The van der Waals surface area contributed by atoms with Gasteiger partial charge in [-0.2, -0.15) is 0 Å². The van der Waals surface area contributed by atoms with E-state index < -0.39 is 0 Å². The first-order valence-corrected chi connectivity index (χ1v) is 7.20. The predicted molar refractivity (Wildman–Crippen MR) is 88.1 cm³/mol. The van der Waals surface area contributed by atoms with Crippen LogP contribution in [0.2, 0.25) is 0 Å². The summed E-state index contributed by atoms with van der Waals surface area (Å²) in [5.74, 6) is 0.841. The summed E-state index contributed by atoms with van der Waals surface area (Å²) in [6.45, 7) is 0.622. The highest BCUT2D eigenvalue weighted by molar-refractivity contribution is 5.46. The van der Waals surface area contributed by atoms with Gasteiger partial charge in [0.15, 0.2) is 0 Å². The highest BCUT2D eigenvalue weighted by atomic mass is 16.6. The summed E-state index contributed by atoms with van der Waals surface area (Å²) in [5, 5.41) is 10.9. The largest absolute Gasteiger partial charge is 0.398 e. The van der Waals surface area contributed by atoms with Gasteiger partial charge < -0.3 is 10.3 Å². The molecule has 23 heavy (non-hydrogen) atoms. The summed E-state index contributed by atoms with van der Waals surface area (Å²) < 4.78 is 2.00. The van der Waals surface area contributed by atoms with Crippen LogP contribution < -0.4 is 5.73 Å². The molecule has 0 radical (unpaired) electrons. The van der Waals surface area contributed by atoms with Crippen molar-refractivity contribution in [3.8, 4) is 0 Å². The van der Waals surface area contributed by atoms with Crippen LogP contribution in [0.4, 0.5) is 11.4 Å². The molecule has 0 bridgehead atoms. The molecule has 1 heterocycles. The number of imidazole rings is 1. The van der Waals surface area contributed by atoms with Gasteiger partial charge in [-0.3, -0.25) is 10.1 Å². The van der Waals surface area contributed by atoms with Gasteiger partial charge in [-0.1, -0.05) is 30.3 Å².